The third kappa shape index (κ3) is 5.46. The molecule has 0 spiro atoms. The lowest BCUT2D eigenvalue weighted by atomic mass is 10.1. The van der Waals surface area contributed by atoms with Crippen LogP contribution < -0.4 is 10.6 Å². The average molecular weight is 382 g/mol. The van der Waals surface area contributed by atoms with E-state index in [1.165, 1.54) is 7.11 Å². The fourth-order valence-corrected chi connectivity index (χ4v) is 2.88. The highest BCUT2D eigenvalue weighted by Gasteiger charge is 2.15. The maximum Gasteiger partial charge on any atom is 0.337 e. The van der Waals surface area contributed by atoms with E-state index in [9.17, 15) is 9.59 Å². The van der Waals surface area contributed by atoms with Gasteiger partial charge in [-0.15, -0.1) is 0 Å². The van der Waals surface area contributed by atoms with E-state index < -0.39 is 5.97 Å². The summed E-state index contributed by atoms with van der Waals surface area (Å²) in [6.45, 7) is 2.20. The molecule has 0 saturated heterocycles. The molecule has 0 aromatic heterocycles. The van der Waals surface area contributed by atoms with Crippen LogP contribution in [-0.2, 0) is 9.53 Å². The molecule has 3 N–H and O–H groups in total. The van der Waals surface area contributed by atoms with Gasteiger partial charge in [0.1, 0.15) is 6.04 Å². The summed E-state index contributed by atoms with van der Waals surface area (Å²) in [5.41, 5.74) is 1.96. The highest BCUT2D eigenvalue weighted by atomic mass is 35.5. The Morgan fingerprint density at radius 1 is 1.16 bits per heavy atom. The Morgan fingerprint density at radius 3 is 2.44 bits per heavy atom. The largest absolute Gasteiger partial charge is 0.465 e. The summed E-state index contributed by atoms with van der Waals surface area (Å²) in [4.78, 5) is 23.4. The molecule has 2 rings (SSSR count). The number of hydrogen-bond acceptors (Lipinski definition) is 3. The van der Waals surface area contributed by atoms with Crippen molar-refractivity contribution in [2.24, 2.45) is 0 Å². The molecule has 2 aromatic carbocycles. The van der Waals surface area contributed by atoms with Gasteiger partial charge in [-0.1, -0.05) is 29.3 Å². The van der Waals surface area contributed by atoms with Crippen molar-refractivity contribution in [3.63, 3.8) is 0 Å². The van der Waals surface area contributed by atoms with E-state index in [1.54, 1.807) is 36.4 Å². The number of anilines is 1. The Labute approximate surface area is 156 Å². The summed E-state index contributed by atoms with van der Waals surface area (Å²) < 4.78 is 4.63. The third-order valence-electron chi connectivity index (χ3n) is 3.70. The fraction of sp³-hybridized carbons (Fsp3) is 0.222. The van der Waals surface area contributed by atoms with Gasteiger partial charge in [-0.25, -0.2) is 4.79 Å². The first-order valence-corrected chi connectivity index (χ1v) is 8.43. The third-order valence-corrected chi connectivity index (χ3v) is 4.26. The molecule has 5 nitrogen and oxygen atoms in total. The van der Waals surface area contributed by atoms with Crippen molar-refractivity contribution in [1.29, 1.82) is 0 Å². The number of carbonyl (C=O) groups is 2. The number of hydrogen-bond donors (Lipinski definition) is 2. The highest BCUT2D eigenvalue weighted by Crippen LogP contribution is 2.24. The zero-order valence-corrected chi connectivity index (χ0v) is 15.4. The molecular weight excluding hydrogens is 363 g/mol. The molecule has 7 heteroatoms. The van der Waals surface area contributed by atoms with Crippen LogP contribution in [0.15, 0.2) is 42.5 Å². The Kier molecular flexibility index (Phi) is 6.82. The standard InChI is InChI=1S/C18H18Cl2N2O3/c1-11(15-8-5-13(19)9-16(15)20)21-10-17(23)22-14-6-3-12(4-7-14)18(24)25-2/h3-9,11,21H,10H2,1-2H3,(H,22,23)/p+1/t11-/m0/s1. The van der Waals surface area contributed by atoms with Crippen LogP contribution in [0, 0.1) is 0 Å². The summed E-state index contributed by atoms with van der Waals surface area (Å²) >= 11 is 12.1. The summed E-state index contributed by atoms with van der Waals surface area (Å²) in [6.07, 6.45) is 0. The first-order chi connectivity index (χ1) is 11.9. The number of ether oxygens (including phenoxy) is 1. The van der Waals surface area contributed by atoms with E-state index in [0.29, 0.717) is 21.3 Å². The second kappa shape index (κ2) is 8.85. The quantitative estimate of drug-likeness (QED) is 0.755. The number of esters is 1. The normalized spacial score (nSPS) is 11.7. The van der Waals surface area contributed by atoms with Gasteiger partial charge in [0.05, 0.1) is 17.7 Å². The number of rotatable bonds is 6. The van der Waals surface area contributed by atoms with Crippen LogP contribution in [0.3, 0.4) is 0 Å². The molecule has 2 aromatic rings. The van der Waals surface area contributed by atoms with Crippen molar-refractivity contribution in [3.8, 4) is 0 Å². The molecule has 0 bridgehead atoms. The molecule has 0 aliphatic heterocycles. The molecule has 132 valence electrons. The maximum atomic E-state index is 12.1. The Hall–Kier alpha value is -2.08. The van der Waals surface area contributed by atoms with Gasteiger partial charge in [0.15, 0.2) is 6.54 Å². The second-order valence-electron chi connectivity index (χ2n) is 5.51. The summed E-state index contributed by atoms with van der Waals surface area (Å²) in [6, 6.07) is 11.8. The molecule has 0 heterocycles. The number of amides is 1. The second-order valence-corrected chi connectivity index (χ2v) is 6.36. The van der Waals surface area contributed by atoms with Crippen molar-refractivity contribution in [2.45, 2.75) is 13.0 Å². The molecule has 0 aliphatic carbocycles. The molecular formula is C18H19Cl2N2O3+. The van der Waals surface area contributed by atoms with Crippen molar-refractivity contribution >= 4 is 40.8 Å². The number of nitrogens with two attached hydrogens (primary N) is 1. The van der Waals surface area contributed by atoms with E-state index in [1.807, 2.05) is 18.3 Å². The smallest absolute Gasteiger partial charge is 0.337 e. The number of methoxy groups -OCH3 is 1. The molecule has 0 unspecified atom stereocenters. The van der Waals surface area contributed by atoms with Crippen LogP contribution in [-0.4, -0.2) is 25.5 Å². The SMILES string of the molecule is COC(=O)c1ccc(NC(=O)C[NH2+][C@@H](C)c2ccc(Cl)cc2Cl)cc1. The van der Waals surface area contributed by atoms with Crippen LogP contribution in [0.2, 0.25) is 10.0 Å². The van der Waals surface area contributed by atoms with Crippen LogP contribution in [0.25, 0.3) is 0 Å². The number of nitrogens with one attached hydrogen (secondary N) is 1. The molecule has 25 heavy (non-hydrogen) atoms. The number of carbonyl (C=O) groups excluding carboxylic acids is 2. The molecule has 1 amide bonds. The monoisotopic (exact) mass is 381 g/mol. The van der Waals surface area contributed by atoms with Crippen LogP contribution in [0.5, 0.6) is 0 Å². The van der Waals surface area contributed by atoms with E-state index in [2.05, 4.69) is 10.1 Å². The number of benzene rings is 2. The first-order valence-electron chi connectivity index (χ1n) is 7.67. The van der Waals surface area contributed by atoms with Gasteiger partial charge in [0.2, 0.25) is 0 Å². The van der Waals surface area contributed by atoms with Crippen molar-refractivity contribution in [1.82, 2.24) is 0 Å². The molecule has 0 fully saturated rings. The van der Waals surface area contributed by atoms with E-state index in [0.717, 1.165) is 5.56 Å². The van der Waals surface area contributed by atoms with E-state index in [-0.39, 0.29) is 18.5 Å². The summed E-state index contributed by atoms with van der Waals surface area (Å²) in [5, 5.41) is 5.82. The Balaban J connectivity index is 1.88. The van der Waals surface area contributed by atoms with Gasteiger partial charge < -0.3 is 15.4 Å². The van der Waals surface area contributed by atoms with Crippen molar-refractivity contribution in [3.05, 3.63) is 63.6 Å². The number of quaternary nitrogens is 1. The van der Waals surface area contributed by atoms with Gasteiger partial charge in [-0.3, -0.25) is 4.79 Å². The van der Waals surface area contributed by atoms with Gasteiger partial charge in [0.25, 0.3) is 5.91 Å². The first kappa shape index (κ1) is 19.2. The van der Waals surface area contributed by atoms with Gasteiger partial charge in [0, 0.05) is 16.3 Å². The lowest BCUT2D eigenvalue weighted by Gasteiger charge is -2.13. The molecule has 0 radical (unpaired) electrons. The minimum absolute atomic E-state index is 0.0113. The predicted octanol–water partition coefficient (Wildman–Crippen LogP) is 3.04. The Morgan fingerprint density at radius 2 is 1.84 bits per heavy atom. The minimum Gasteiger partial charge on any atom is -0.465 e. The van der Waals surface area contributed by atoms with Crippen LogP contribution in [0.1, 0.15) is 28.9 Å². The molecule has 1 atom stereocenters. The topological polar surface area (TPSA) is 72.0 Å². The van der Waals surface area contributed by atoms with Crippen LogP contribution >= 0.6 is 23.2 Å². The minimum atomic E-state index is -0.417. The zero-order chi connectivity index (χ0) is 18.4. The van der Waals surface area contributed by atoms with Gasteiger partial charge in [-0.2, -0.15) is 0 Å². The van der Waals surface area contributed by atoms with Gasteiger partial charge in [-0.05, 0) is 43.3 Å². The van der Waals surface area contributed by atoms with Crippen molar-refractivity contribution in [2.75, 3.05) is 19.0 Å². The van der Waals surface area contributed by atoms with E-state index >= 15 is 0 Å². The van der Waals surface area contributed by atoms with E-state index in [4.69, 9.17) is 23.2 Å². The van der Waals surface area contributed by atoms with Gasteiger partial charge >= 0.3 is 5.97 Å². The fourth-order valence-electron chi connectivity index (χ4n) is 2.30. The summed E-state index contributed by atoms with van der Waals surface area (Å²) in [5.74, 6) is -0.567. The molecule has 0 saturated carbocycles. The number of halogens is 2. The molecule has 0 aliphatic rings. The lowest BCUT2D eigenvalue weighted by molar-refractivity contribution is -0.682. The average Bonchev–Trinajstić information content (AvgIpc) is 2.59. The highest BCUT2D eigenvalue weighted by molar-refractivity contribution is 6.35. The lowest BCUT2D eigenvalue weighted by Crippen LogP contribution is -2.86. The zero-order valence-electron chi connectivity index (χ0n) is 13.9. The Bertz CT molecular complexity index is 763. The van der Waals surface area contributed by atoms with Crippen molar-refractivity contribution < 1.29 is 19.6 Å². The maximum absolute atomic E-state index is 12.1. The summed E-state index contributed by atoms with van der Waals surface area (Å²) in [7, 11) is 1.32. The van der Waals surface area contributed by atoms with Crippen LogP contribution in [0.4, 0.5) is 5.69 Å². The predicted molar refractivity (Wildman–Crippen MR) is 98.1 cm³/mol.